The molecule has 0 aliphatic rings. The summed E-state index contributed by atoms with van der Waals surface area (Å²) in [5.74, 6) is -0.258. The zero-order valence-corrected chi connectivity index (χ0v) is 11.0. The summed E-state index contributed by atoms with van der Waals surface area (Å²) in [6.45, 7) is 1.31. The normalized spacial score (nSPS) is 10.9. The van der Waals surface area contributed by atoms with E-state index in [1.54, 1.807) is 7.11 Å². The monoisotopic (exact) mass is 304 g/mol. The van der Waals surface area contributed by atoms with Crippen molar-refractivity contribution in [2.45, 2.75) is 0 Å². The van der Waals surface area contributed by atoms with Crippen LogP contribution in [0.3, 0.4) is 0 Å². The minimum absolute atomic E-state index is 0.258. The first-order valence-electron chi connectivity index (χ1n) is 4.69. The van der Waals surface area contributed by atoms with Crippen LogP contribution in [-0.2, 0) is 4.74 Å². The molecule has 2 aromatic rings. The minimum atomic E-state index is -0.258. The molecule has 1 aromatic carbocycles. The lowest BCUT2D eigenvalue weighted by atomic mass is 10.3. The molecule has 0 bridgehead atoms. The molecule has 86 valence electrons. The second-order valence-corrected chi connectivity index (χ2v) is 5.06. The molecule has 6 heteroatoms. The summed E-state index contributed by atoms with van der Waals surface area (Å²) >= 11 is 4.72. The van der Waals surface area contributed by atoms with Crippen LogP contribution in [0.5, 0.6) is 0 Å². The second-order valence-electron chi connectivity index (χ2n) is 3.17. The van der Waals surface area contributed by atoms with Gasteiger partial charge in [-0.1, -0.05) is 11.3 Å². The number of anilines is 1. The zero-order valence-electron chi connectivity index (χ0n) is 8.59. The number of ether oxygens (including phenoxy) is 1. The Morgan fingerprint density at radius 3 is 3.12 bits per heavy atom. The number of aromatic nitrogens is 1. The van der Waals surface area contributed by atoms with E-state index in [1.165, 1.54) is 23.5 Å². The molecule has 3 nitrogen and oxygen atoms in total. The number of rotatable bonds is 4. The quantitative estimate of drug-likeness (QED) is 0.881. The fraction of sp³-hybridized carbons (Fsp3) is 0.300. The Labute approximate surface area is 105 Å². The standard InChI is InChI=1S/C10H10BrFN2OS/c1-15-3-2-13-10-14-9-7(11)4-6(12)5-8(9)16-10/h4-5H,2-3H2,1H3,(H,13,14). The van der Waals surface area contributed by atoms with E-state index in [4.69, 9.17) is 4.74 Å². The van der Waals surface area contributed by atoms with Crippen LogP contribution in [0, 0.1) is 5.82 Å². The maximum Gasteiger partial charge on any atom is 0.183 e. The van der Waals surface area contributed by atoms with Crippen LogP contribution in [0.25, 0.3) is 10.2 Å². The van der Waals surface area contributed by atoms with Crippen molar-refractivity contribution in [1.29, 1.82) is 0 Å². The van der Waals surface area contributed by atoms with Gasteiger partial charge in [0.1, 0.15) is 5.82 Å². The van der Waals surface area contributed by atoms with Crippen molar-refractivity contribution < 1.29 is 9.13 Å². The Bertz CT molecular complexity index is 503. The van der Waals surface area contributed by atoms with Crippen molar-refractivity contribution >= 4 is 42.6 Å². The summed E-state index contributed by atoms with van der Waals surface area (Å²) < 4.78 is 19.6. The molecule has 1 N–H and O–H groups in total. The second kappa shape index (κ2) is 5.07. The molecular weight excluding hydrogens is 295 g/mol. The molecule has 0 aliphatic heterocycles. The molecule has 16 heavy (non-hydrogen) atoms. The molecule has 0 saturated heterocycles. The predicted octanol–water partition coefficient (Wildman–Crippen LogP) is 3.26. The highest BCUT2D eigenvalue weighted by Crippen LogP contribution is 2.31. The topological polar surface area (TPSA) is 34.1 Å². The molecule has 0 saturated carbocycles. The Morgan fingerprint density at radius 1 is 1.56 bits per heavy atom. The predicted molar refractivity (Wildman–Crippen MR) is 67.6 cm³/mol. The molecule has 0 amide bonds. The Morgan fingerprint density at radius 2 is 2.38 bits per heavy atom. The number of thiazole rings is 1. The first-order valence-corrected chi connectivity index (χ1v) is 6.30. The summed E-state index contributed by atoms with van der Waals surface area (Å²) in [7, 11) is 1.64. The average Bonchev–Trinajstić information content (AvgIpc) is 2.61. The van der Waals surface area contributed by atoms with Gasteiger partial charge in [-0.3, -0.25) is 0 Å². The molecule has 0 unspecified atom stereocenters. The molecule has 1 heterocycles. The SMILES string of the molecule is COCCNc1nc2c(Br)cc(F)cc2s1. The van der Waals surface area contributed by atoms with E-state index in [2.05, 4.69) is 26.2 Å². The lowest BCUT2D eigenvalue weighted by molar-refractivity contribution is 0.211. The van der Waals surface area contributed by atoms with Crippen molar-refractivity contribution in [3.8, 4) is 0 Å². The number of hydrogen-bond donors (Lipinski definition) is 1. The van der Waals surface area contributed by atoms with Crippen LogP contribution >= 0.6 is 27.3 Å². The van der Waals surface area contributed by atoms with Gasteiger partial charge in [0.2, 0.25) is 0 Å². The minimum Gasteiger partial charge on any atom is -0.383 e. The first-order chi connectivity index (χ1) is 7.70. The number of fused-ring (bicyclic) bond motifs is 1. The van der Waals surface area contributed by atoms with Crippen LogP contribution in [0.1, 0.15) is 0 Å². The number of hydrogen-bond acceptors (Lipinski definition) is 4. The fourth-order valence-electron chi connectivity index (χ4n) is 1.29. The van der Waals surface area contributed by atoms with E-state index >= 15 is 0 Å². The highest BCUT2D eigenvalue weighted by Gasteiger charge is 2.08. The van der Waals surface area contributed by atoms with E-state index in [0.29, 0.717) is 17.6 Å². The Hall–Kier alpha value is -0.720. The molecule has 1 aromatic heterocycles. The number of halogens is 2. The van der Waals surface area contributed by atoms with Crippen molar-refractivity contribution in [2.24, 2.45) is 0 Å². The van der Waals surface area contributed by atoms with Gasteiger partial charge in [0.25, 0.3) is 0 Å². The van der Waals surface area contributed by atoms with Gasteiger partial charge < -0.3 is 10.1 Å². The summed E-state index contributed by atoms with van der Waals surface area (Å²) in [6, 6.07) is 2.90. The largest absolute Gasteiger partial charge is 0.383 e. The molecule has 0 fully saturated rings. The third-order valence-corrected chi connectivity index (χ3v) is 3.56. The molecule has 0 aliphatic carbocycles. The number of methoxy groups -OCH3 is 1. The van der Waals surface area contributed by atoms with Crippen LogP contribution in [0.15, 0.2) is 16.6 Å². The third kappa shape index (κ3) is 2.50. The van der Waals surface area contributed by atoms with Gasteiger partial charge in [-0.25, -0.2) is 9.37 Å². The lowest BCUT2D eigenvalue weighted by Crippen LogP contribution is -2.06. The molecular formula is C10H10BrFN2OS. The van der Waals surface area contributed by atoms with E-state index in [9.17, 15) is 4.39 Å². The highest BCUT2D eigenvalue weighted by molar-refractivity contribution is 9.10. The van der Waals surface area contributed by atoms with E-state index in [0.717, 1.165) is 15.3 Å². The van der Waals surface area contributed by atoms with Crippen molar-refractivity contribution in [3.05, 3.63) is 22.4 Å². The van der Waals surface area contributed by atoms with Gasteiger partial charge in [-0.2, -0.15) is 0 Å². The Balaban J connectivity index is 2.26. The van der Waals surface area contributed by atoms with Gasteiger partial charge >= 0.3 is 0 Å². The van der Waals surface area contributed by atoms with Crippen molar-refractivity contribution in [3.63, 3.8) is 0 Å². The van der Waals surface area contributed by atoms with Gasteiger partial charge in [-0.15, -0.1) is 0 Å². The molecule has 0 radical (unpaired) electrons. The number of benzene rings is 1. The van der Waals surface area contributed by atoms with E-state index in [-0.39, 0.29) is 5.82 Å². The molecule has 2 rings (SSSR count). The van der Waals surface area contributed by atoms with Crippen LogP contribution in [-0.4, -0.2) is 25.2 Å². The van der Waals surface area contributed by atoms with Crippen LogP contribution < -0.4 is 5.32 Å². The zero-order chi connectivity index (χ0) is 11.5. The lowest BCUT2D eigenvalue weighted by Gasteiger charge is -1.99. The maximum atomic E-state index is 13.1. The van der Waals surface area contributed by atoms with Crippen LogP contribution in [0.4, 0.5) is 9.52 Å². The van der Waals surface area contributed by atoms with Gasteiger partial charge in [-0.05, 0) is 28.1 Å². The first kappa shape index (κ1) is 11.8. The van der Waals surface area contributed by atoms with E-state index in [1.807, 2.05) is 0 Å². The highest BCUT2D eigenvalue weighted by atomic mass is 79.9. The van der Waals surface area contributed by atoms with Gasteiger partial charge in [0.15, 0.2) is 5.13 Å². The summed E-state index contributed by atoms with van der Waals surface area (Å²) in [6.07, 6.45) is 0. The summed E-state index contributed by atoms with van der Waals surface area (Å²) in [5.41, 5.74) is 0.784. The summed E-state index contributed by atoms with van der Waals surface area (Å²) in [4.78, 5) is 4.36. The number of nitrogens with one attached hydrogen (secondary N) is 1. The number of nitrogens with zero attached hydrogens (tertiary/aromatic N) is 1. The average molecular weight is 305 g/mol. The molecule has 0 atom stereocenters. The fourth-order valence-corrected chi connectivity index (χ4v) is 2.89. The summed E-state index contributed by atoms with van der Waals surface area (Å²) in [5, 5.41) is 3.90. The Kier molecular flexibility index (Phi) is 3.73. The van der Waals surface area contributed by atoms with Crippen molar-refractivity contribution in [1.82, 2.24) is 4.98 Å². The van der Waals surface area contributed by atoms with Gasteiger partial charge in [0.05, 0.1) is 16.8 Å². The molecule has 0 spiro atoms. The maximum absolute atomic E-state index is 13.1. The smallest absolute Gasteiger partial charge is 0.183 e. The van der Waals surface area contributed by atoms with E-state index < -0.39 is 0 Å². The van der Waals surface area contributed by atoms with Crippen LogP contribution in [0.2, 0.25) is 0 Å². The van der Waals surface area contributed by atoms with Crippen molar-refractivity contribution in [2.75, 3.05) is 25.6 Å². The van der Waals surface area contributed by atoms with Gasteiger partial charge in [0, 0.05) is 18.1 Å². The third-order valence-electron chi connectivity index (χ3n) is 2.00.